The second-order valence-corrected chi connectivity index (χ2v) is 11.8. The molecule has 2 N–H and O–H groups in total. The molecule has 3 amide bonds. The Morgan fingerprint density at radius 3 is 2.12 bits per heavy atom. The van der Waals surface area contributed by atoms with Gasteiger partial charge in [-0.2, -0.15) is 0 Å². The number of ether oxygens (including phenoxy) is 4. The van der Waals surface area contributed by atoms with Crippen molar-refractivity contribution in [1.29, 1.82) is 0 Å². The normalized spacial score (nSPS) is 12.0. The van der Waals surface area contributed by atoms with E-state index in [0.717, 1.165) is 5.56 Å². The van der Waals surface area contributed by atoms with E-state index in [2.05, 4.69) is 10.6 Å². The predicted octanol–water partition coefficient (Wildman–Crippen LogP) is 5.34. The Morgan fingerprint density at radius 2 is 1.51 bits per heavy atom. The van der Waals surface area contributed by atoms with Crippen LogP contribution in [0.15, 0.2) is 48.5 Å². The smallest absolute Gasteiger partial charge is 0.412 e. The van der Waals surface area contributed by atoms with Gasteiger partial charge in [0.15, 0.2) is 5.60 Å². The molecule has 0 radical (unpaired) electrons. The van der Waals surface area contributed by atoms with E-state index in [-0.39, 0.29) is 5.91 Å². The number of carbonyl (C=O) groups excluding carboxylic acids is 4. The van der Waals surface area contributed by atoms with Crippen molar-refractivity contribution in [2.24, 2.45) is 0 Å². The first-order valence-electron chi connectivity index (χ1n) is 14.0. The number of amides is 3. The molecule has 0 bridgehead atoms. The predicted molar refractivity (Wildman–Crippen MR) is 162 cm³/mol. The summed E-state index contributed by atoms with van der Waals surface area (Å²) in [5.41, 5.74) is -0.463. The Balaban J connectivity index is 1.73. The number of nitrogens with zero attached hydrogens (tertiary/aromatic N) is 1. The Bertz CT molecular complexity index is 1230. The Labute approximate surface area is 258 Å². The van der Waals surface area contributed by atoms with Crippen molar-refractivity contribution in [3.8, 4) is 5.75 Å². The SMILES string of the molecule is CC(OC(=O)N(C)CCCNC(=O)OC(C)(C)C)OC(=O)C(C)(C)Oc1ccc(CCNC(=O)c2ccc(Cl)cc2)cc1. The molecule has 0 aliphatic rings. The van der Waals surface area contributed by atoms with Crippen molar-refractivity contribution in [2.45, 2.75) is 71.9 Å². The molecule has 0 aromatic heterocycles. The third-order valence-electron chi connectivity index (χ3n) is 5.78. The molecule has 1 unspecified atom stereocenters. The van der Waals surface area contributed by atoms with Gasteiger partial charge in [0, 0.05) is 44.2 Å². The first-order chi connectivity index (χ1) is 20.1. The van der Waals surface area contributed by atoms with E-state index in [0.29, 0.717) is 48.8 Å². The summed E-state index contributed by atoms with van der Waals surface area (Å²) in [5.74, 6) is -0.456. The summed E-state index contributed by atoms with van der Waals surface area (Å²) in [6, 6.07) is 13.8. The largest absolute Gasteiger partial charge is 0.476 e. The topological polar surface area (TPSA) is 133 Å². The maximum Gasteiger partial charge on any atom is 0.412 e. The number of nitrogens with one attached hydrogen (secondary N) is 2. The van der Waals surface area contributed by atoms with Crippen LogP contribution >= 0.6 is 11.6 Å². The van der Waals surface area contributed by atoms with Crippen LogP contribution in [0.4, 0.5) is 9.59 Å². The van der Waals surface area contributed by atoms with Gasteiger partial charge in [0.2, 0.25) is 6.29 Å². The number of carbonyl (C=O) groups is 4. The molecule has 2 rings (SSSR count). The highest BCUT2D eigenvalue weighted by Gasteiger charge is 2.34. The lowest BCUT2D eigenvalue weighted by molar-refractivity contribution is -0.181. The zero-order valence-electron chi connectivity index (χ0n) is 25.8. The van der Waals surface area contributed by atoms with Gasteiger partial charge in [-0.05, 0) is 89.4 Å². The zero-order chi connectivity index (χ0) is 32.2. The molecule has 11 nitrogen and oxygen atoms in total. The summed E-state index contributed by atoms with van der Waals surface area (Å²) < 4.78 is 21.5. The zero-order valence-corrected chi connectivity index (χ0v) is 26.6. The molecule has 0 saturated carbocycles. The third-order valence-corrected chi connectivity index (χ3v) is 6.04. The van der Waals surface area contributed by atoms with E-state index in [1.165, 1.54) is 18.9 Å². The van der Waals surface area contributed by atoms with Crippen molar-refractivity contribution in [2.75, 3.05) is 26.7 Å². The number of hydrogen-bond acceptors (Lipinski definition) is 8. The first-order valence-corrected chi connectivity index (χ1v) is 14.3. The van der Waals surface area contributed by atoms with Crippen LogP contribution in [0.3, 0.4) is 0 Å². The van der Waals surface area contributed by atoms with Gasteiger partial charge in [-0.1, -0.05) is 23.7 Å². The van der Waals surface area contributed by atoms with Crippen molar-refractivity contribution >= 4 is 35.7 Å². The minimum atomic E-state index is -1.37. The van der Waals surface area contributed by atoms with E-state index < -0.39 is 35.6 Å². The van der Waals surface area contributed by atoms with Crippen LogP contribution in [0.25, 0.3) is 0 Å². The number of alkyl carbamates (subject to hydrolysis) is 1. The van der Waals surface area contributed by atoms with Gasteiger partial charge in [-0.25, -0.2) is 14.4 Å². The number of benzene rings is 2. The first kappa shape index (κ1) is 35.2. The Morgan fingerprint density at radius 1 is 0.884 bits per heavy atom. The standard InChI is InChI=1S/C31H42ClN3O8/c1-21(41-29(39)35(7)20-8-18-34-28(38)43-30(2,3)4)40-27(37)31(5,6)42-25-15-9-22(10-16-25)17-19-33-26(36)23-11-13-24(32)14-12-23/h9-16,21H,8,17-20H2,1-7H3,(H,33,36)(H,34,38). The number of rotatable bonds is 13. The van der Waals surface area contributed by atoms with Gasteiger partial charge >= 0.3 is 18.2 Å². The maximum atomic E-state index is 12.8. The van der Waals surface area contributed by atoms with Crippen molar-refractivity contribution in [1.82, 2.24) is 15.5 Å². The highest BCUT2D eigenvalue weighted by atomic mass is 35.5. The minimum absolute atomic E-state index is 0.184. The van der Waals surface area contributed by atoms with E-state index in [1.54, 1.807) is 71.0 Å². The summed E-state index contributed by atoms with van der Waals surface area (Å²) in [4.78, 5) is 50.4. The van der Waals surface area contributed by atoms with Crippen LogP contribution in [-0.2, 0) is 25.4 Å². The summed E-state index contributed by atoms with van der Waals surface area (Å²) in [7, 11) is 1.54. The third kappa shape index (κ3) is 13.2. The molecule has 2 aromatic carbocycles. The second-order valence-electron chi connectivity index (χ2n) is 11.3. The molecule has 1 atom stereocenters. The van der Waals surface area contributed by atoms with Gasteiger partial charge in [0.05, 0.1) is 0 Å². The van der Waals surface area contributed by atoms with Gasteiger partial charge < -0.3 is 34.5 Å². The van der Waals surface area contributed by atoms with E-state index in [4.69, 9.17) is 30.5 Å². The molecule has 0 fully saturated rings. The molecule has 12 heteroatoms. The molecule has 0 spiro atoms. The van der Waals surface area contributed by atoms with E-state index in [1.807, 2.05) is 12.1 Å². The van der Waals surface area contributed by atoms with Crippen LogP contribution in [-0.4, -0.2) is 73.1 Å². The van der Waals surface area contributed by atoms with Crippen LogP contribution in [0, 0.1) is 0 Å². The fourth-order valence-corrected chi connectivity index (χ4v) is 3.67. The molecule has 43 heavy (non-hydrogen) atoms. The maximum absolute atomic E-state index is 12.8. The van der Waals surface area contributed by atoms with Crippen LogP contribution in [0.2, 0.25) is 5.02 Å². The molecule has 0 saturated heterocycles. The fourth-order valence-electron chi connectivity index (χ4n) is 3.54. The minimum Gasteiger partial charge on any atom is -0.476 e. The number of esters is 1. The highest BCUT2D eigenvalue weighted by molar-refractivity contribution is 6.30. The quantitative estimate of drug-likeness (QED) is 0.174. The van der Waals surface area contributed by atoms with Crippen LogP contribution < -0.4 is 15.4 Å². The fraction of sp³-hybridized carbons (Fsp3) is 0.484. The summed E-state index contributed by atoms with van der Waals surface area (Å²) in [5, 5.41) is 6.05. The van der Waals surface area contributed by atoms with Crippen LogP contribution in [0.5, 0.6) is 5.75 Å². The molecule has 236 valence electrons. The lowest BCUT2D eigenvalue weighted by Crippen LogP contribution is -2.42. The van der Waals surface area contributed by atoms with Gasteiger partial charge in [-0.3, -0.25) is 4.79 Å². The van der Waals surface area contributed by atoms with Crippen LogP contribution in [0.1, 0.15) is 63.9 Å². The van der Waals surface area contributed by atoms with Crippen molar-refractivity contribution in [3.05, 3.63) is 64.7 Å². The highest BCUT2D eigenvalue weighted by Crippen LogP contribution is 2.21. The molecule has 0 heterocycles. The Kier molecular flexibility index (Phi) is 13.1. The van der Waals surface area contributed by atoms with E-state index in [9.17, 15) is 19.2 Å². The molecule has 2 aromatic rings. The van der Waals surface area contributed by atoms with Crippen molar-refractivity contribution in [3.63, 3.8) is 0 Å². The second kappa shape index (κ2) is 16.0. The van der Waals surface area contributed by atoms with Crippen molar-refractivity contribution < 1.29 is 38.1 Å². The van der Waals surface area contributed by atoms with E-state index >= 15 is 0 Å². The summed E-state index contributed by atoms with van der Waals surface area (Å²) >= 11 is 5.86. The average molecular weight is 620 g/mol. The monoisotopic (exact) mass is 619 g/mol. The summed E-state index contributed by atoms with van der Waals surface area (Å²) in [6.07, 6.45) is -1.30. The summed E-state index contributed by atoms with van der Waals surface area (Å²) in [6.45, 7) is 10.9. The van der Waals surface area contributed by atoms with Gasteiger partial charge in [-0.15, -0.1) is 0 Å². The molecule has 0 aliphatic heterocycles. The molecular weight excluding hydrogens is 578 g/mol. The molecular formula is C31H42ClN3O8. The lowest BCUT2D eigenvalue weighted by Gasteiger charge is -2.27. The van der Waals surface area contributed by atoms with Gasteiger partial charge in [0.1, 0.15) is 11.4 Å². The Hall–Kier alpha value is -3.99. The average Bonchev–Trinajstić information content (AvgIpc) is 2.91. The number of halogens is 1. The lowest BCUT2D eigenvalue weighted by atomic mass is 10.1. The van der Waals surface area contributed by atoms with Gasteiger partial charge in [0.25, 0.3) is 5.91 Å². The molecule has 0 aliphatic carbocycles. The number of hydrogen-bond donors (Lipinski definition) is 2.